The van der Waals surface area contributed by atoms with Gasteiger partial charge in [0.15, 0.2) is 0 Å². The molecule has 5 saturated heterocycles. The standard InChI is InChI=1S/2C24H38N2O3S.C22H34N2O4S.C20H31N3O4S.C19H30N4O4S/c2*1-4-19-16-26-15-7-9-22(25-30(2,3)27)23(26)17-28-20-13-11-18(12-14-20)21-8-5-6-10-24(21)29-19;1-16-14-28-22-8-4-3-6-19(22)17-9-11-18(12-10-17)27-15-21-20(23-29(2,25)26)7-5-13-24(16)21;1-28(24,25)22-18-5-3-11-23-12-13-26-20-17(4-2-10-21-20)15-6-8-16(9-7-15)27-14-19(18)23;1-28(24,25)22-16-3-2-10-23-11-12-26-19-18(20-8-9-21-19)14-4-6-15(7-5-14)27-13-17(16)23/h2*5-6,8,10,18-20,22-23H,2,4,7,9,11-17H2,1,3H3,(H,25,27);3-4,6,8,16-18,20-21,23H,5,7,9-15H2,1-2H3;2,4,10,15-16,18-19,22H,3,5-9,11-14H2,1H3;8-9,14-17,22H,2-7,10-13H2,1H3/t18?,19-,20?,22+,23?,30?;18?,19-,20?,22-,23?,30?;16-,17?,18?,20+,21?;15?,16?,18-,19?;14?,15?,16-,17?/m10100/s1. The lowest BCUT2D eigenvalue weighted by Gasteiger charge is -2.44. The van der Waals surface area contributed by atoms with E-state index in [2.05, 4.69) is 168 Å². The monoisotopic (exact) mass is 2110 g/mol. The van der Waals surface area contributed by atoms with Crippen molar-refractivity contribution in [3.05, 3.63) is 131 Å². The molecule has 10 fully saturated rings. The van der Waals surface area contributed by atoms with Gasteiger partial charge in [-0.3, -0.25) is 37.9 Å². The number of sulfonamides is 3. The molecule has 15 atom stereocenters. The zero-order valence-corrected chi connectivity index (χ0v) is 91.7. The van der Waals surface area contributed by atoms with Gasteiger partial charge in [-0.1, -0.05) is 74.5 Å². The molecular formula is C109H171N13O18S5. The van der Waals surface area contributed by atoms with Crippen molar-refractivity contribution >= 4 is 61.2 Å². The van der Waals surface area contributed by atoms with Gasteiger partial charge < -0.3 is 47.4 Å². The quantitative estimate of drug-likeness (QED) is 0.0724. The maximum absolute atomic E-state index is 12.4. The molecule has 15 aliphatic heterocycles. The number of fused-ring (bicyclic) bond motifs is 25. The number of rotatable bonds is 12. The van der Waals surface area contributed by atoms with Crippen LogP contribution in [0, 0.1) is 0 Å². The van der Waals surface area contributed by atoms with Crippen molar-refractivity contribution in [3.63, 3.8) is 0 Å². The third-order valence-corrected chi connectivity index (χ3v) is 37.0. The molecular weight excluding hydrogens is 1940 g/mol. The highest BCUT2D eigenvalue weighted by Gasteiger charge is 2.45. The van der Waals surface area contributed by atoms with E-state index >= 15 is 0 Å². The average Bonchev–Trinajstić information content (AvgIpc) is 1.81. The van der Waals surface area contributed by atoms with Crippen molar-refractivity contribution in [2.75, 3.05) is 143 Å². The number of ether oxygens (including phenoxy) is 10. The molecule has 17 heterocycles. The normalized spacial score (nSPS) is 33.7. The van der Waals surface area contributed by atoms with Crippen LogP contribution >= 0.6 is 0 Å². The molecule has 0 radical (unpaired) electrons. The average molecular weight is 2110 g/mol. The maximum atomic E-state index is 12.4. The molecule has 5 aromatic rings. The minimum absolute atomic E-state index is 0.0203. The second kappa shape index (κ2) is 52.7. The van der Waals surface area contributed by atoms with E-state index in [9.17, 15) is 33.7 Å². The van der Waals surface area contributed by atoms with Crippen LogP contribution in [0.2, 0.25) is 0 Å². The summed E-state index contributed by atoms with van der Waals surface area (Å²) in [5.74, 6) is 14.7. The molecule has 3 aromatic carbocycles. The Bertz CT molecular complexity index is 5210. The van der Waals surface area contributed by atoms with Crippen LogP contribution < -0.4 is 47.3 Å². The Kier molecular flexibility index (Phi) is 40.6. The number of hydrogen-bond donors (Lipinski definition) is 5. The molecule has 25 rings (SSSR count). The van der Waals surface area contributed by atoms with Crippen LogP contribution in [-0.4, -0.2) is 337 Å². The molecule has 5 aliphatic carbocycles. The summed E-state index contributed by atoms with van der Waals surface area (Å²) in [6, 6.07) is 30.4. The molecule has 810 valence electrons. The fourth-order valence-electron chi connectivity index (χ4n) is 25.8. The van der Waals surface area contributed by atoms with Crippen LogP contribution in [0.5, 0.6) is 29.0 Å². The van der Waals surface area contributed by atoms with Crippen LogP contribution in [0.15, 0.2) is 104 Å². The van der Waals surface area contributed by atoms with Crippen molar-refractivity contribution in [1.29, 1.82) is 0 Å². The Morgan fingerprint density at radius 1 is 0.324 bits per heavy atom. The van der Waals surface area contributed by atoms with E-state index < -0.39 is 49.5 Å². The number of nitrogens with one attached hydrogen (secondary N) is 5. The number of aromatic nitrogens is 3. The molecule has 7 unspecified atom stereocenters. The van der Waals surface area contributed by atoms with Gasteiger partial charge in [-0.15, -0.1) is 0 Å². The highest BCUT2D eigenvalue weighted by Crippen LogP contribution is 2.46. The smallest absolute Gasteiger partial charge is 0.235 e. The lowest BCUT2D eigenvalue weighted by molar-refractivity contribution is -0.0403. The third-order valence-electron chi connectivity index (χ3n) is 33.2. The van der Waals surface area contributed by atoms with E-state index in [0.29, 0.717) is 107 Å². The summed E-state index contributed by atoms with van der Waals surface area (Å²) in [5.41, 5.74) is 6.24. The van der Waals surface area contributed by atoms with Gasteiger partial charge in [0.25, 0.3) is 0 Å². The highest BCUT2D eigenvalue weighted by atomic mass is 32.2. The van der Waals surface area contributed by atoms with Gasteiger partial charge in [0.1, 0.15) is 55.0 Å². The molecule has 2 aromatic heterocycles. The second-order valence-electron chi connectivity index (χ2n) is 44.2. The topological polar surface area (TPSA) is 344 Å². The summed E-state index contributed by atoms with van der Waals surface area (Å²) in [7, 11) is -14.3. The zero-order chi connectivity index (χ0) is 102. The van der Waals surface area contributed by atoms with Crippen molar-refractivity contribution in [3.8, 4) is 29.0 Å². The number of para-hydroxylation sites is 3. The van der Waals surface area contributed by atoms with Crippen molar-refractivity contribution in [2.24, 2.45) is 0 Å². The Morgan fingerprint density at radius 2 is 0.641 bits per heavy atom. The Balaban J connectivity index is 0.000000130. The largest absolute Gasteiger partial charge is 0.492 e. The fraction of sp³-hybridized carbons (Fsp3) is 0.734. The van der Waals surface area contributed by atoms with Gasteiger partial charge in [0.2, 0.25) is 41.8 Å². The number of benzene rings is 3. The summed E-state index contributed by atoms with van der Waals surface area (Å²) in [6.45, 7) is 19.3. The van der Waals surface area contributed by atoms with Gasteiger partial charge in [-0.25, -0.2) is 58.8 Å². The molecule has 5 saturated carbocycles. The van der Waals surface area contributed by atoms with Crippen LogP contribution in [0.25, 0.3) is 0 Å². The van der Waals surface area contributed by atoms with E-state index in [0.717, 1.165) is 287 Å². The minimum Gasteiger partial charge on any atom is -0.492 e. The lowest BCUT2D eigenvalue weighted by Crippen LogP contribution is -2.60. The van der Waals surface area contributed by atoms with E-state index in [-0.39, 0.29) is 97.0 Å². The van der Waals surface area contributed by atoms with Crippen LogP contribution in [0.3, 0.4) is 0 Å². The van der Waals surface area contributed by atoms with Gasteiger partial charge in [-0.2, -0.15) is 0 Å². The molecule has 5 N–H and O–H groups in total. The summed E-state index contributed by atoms with van der Waals surface area (Å²) in [5, 5.41) is 0. The van der Waals surface area contributed by atoms with Crippen LogP contribution in [0.1, 0.15) is 284 Å². The summed E-state index contributed by atoms with van der Waals surface area (Å²) >= 11 is 0. The van der Waals surface area contributed by atoms with Crippen LogP contribution in [0.4, 0.5) is 0 Å². The number of nitrogens with zero attached hydrogens (tertiary/aromatic N) is 8. The predicted octanol–water partition coefficient (Wildman–Crippen LogP) is 13.3. The molecule has 20 aliphatic rings. The third kappa shape index (κ3) is 32.6. The first-order valence-electron chi connectivity index (χ1n) is 54.9. The summed E-state index contributed by atoms with van der Waals surface area (Å²) in [4.78, 5) is 25.5. The Labute approximate surface area is 868 Å². The SMILES string of the molecule is C=S(C)(=O)N[C@H]1CCCN2C[C@@H](CC)Oc3ccccc3C3CCC(CC3)OCC12.C=S(C)(=O)N[C@H]1CCCN2C[C@H](CC)Oc3ccccc3C3CCC(CC3)OCC12.CS(=O)(=O)N[C@H]1CCCN2CCOc3ncccc3C3CCC(CC3)OCC12.CS(=O)(=O)N[C@H]1CCCN2CCOc3nccnc3C3CCC(CC3)OCC12.C[C@@H]1COc2ccccc2C2CCC(CC2)OCC2[C@@H](NS(C)(=O)=O)CCCN21. The van der Waals surface area contributed by atoms with Crippen molar-refractivity contribution < 1.29 is 81.0 Å². The molecule has 145 heavy (non-hydrogen) atoms. The van der Waals surface area contributed by atoms with Gasteiger partial charge >= 0.3 is 0 Å². The number of pyridine rings is 1. The Morgan fingerprint density at radius 3 is 1.04 bits per heavy atom. The second-order valence-corrected chi connectivity index (χ2v) is 54.1. The number of hydrogen-bond acceptors (Lipinski definition) is 26. The molecule has 31 nitrogen and oxygen atoms in total. The van der Waals surface area contributed by atoms with Crippen LogP contribution in [-0.2, 0) is 73.2 Å². The summed E-state index contributed by atoms with van der Waals surface area (Å²) in [6.07, 6.45) is 47.0. The minimum atomic E-state index is -3.26. The zero-order valence-electron chi connectivity index (χ0n) is 87.6. The lowest BCUT2D eigenvalue weighted by atomic mass is 9.82. The van der Waals surface area contributed by atoms with E-state index in [1.807, 2.05) is 12.1 Å². The molecule has 36 heteroatoms. The molecule has 0 spiro atoms. The first-order chi connectivity index (χ1) is 69.7. The first kappa shape index (κ1) is 112. The highest BCUT2D eigenvalue weighted by molar-refractivity contribution is 7.98. The first-order valence-corrected chi connectivity index (χ1v) is 64.8. The molecule has 10 bridgehead atoms. The molecule has 0 amide bonds. The van der Waals surface area contributed by atoms with E-state index in [4.69, 9.17) is 47.4 Å². The maximum Gasteiger partial charge on any atom is 0.235 e. The number of piperidine rings is 5. The fourth-order valence-corrected chi connectivity index (χ4v) is 30.1. The van der Waals surface area contributed by atoms with Crippen molar-refractivity contribution in [2.45, 2.75) is 365 Å². The Hall–Kier alpha value is -5.82. The van der Waals surface area contributed by atoms with Crippen molar-refractivity contribution in [1.82, 2.24) is 63.1 Å². The van der Waals surface area contributed by atoms with E-state index in [1.165, 1.54) is 41.0 Å². The summed E-state index contributed by atoms with van der Waals surface area (Å²) < 4.78 is 175. The predicted molar refractivity (Wildman–Crippen MR) is 575 cm³/mol. The van der Waals surface area contributed by atoms with E-state index in [1.54, 1.807) is 31.1 Å². The van der Waals surface area contributed by atoms with Gasteiger partial charge in [0, 0.05) is 155 Å². The van der Waals surface area contributed by atoms with Gasteiger partial charge in [0.05, 0.1) is 82.3 Å². The van der Waals surface area contributed by atoms with Gasteiger partial charge in [-0.05, 0) is 321 Å².